The highest BCUT2D eigenvalue weighted by Gasteiger charge is 2.26. The second-order valence-electron chi connectivity index (χ2n) is 9.57. The lowest BCUT2D eigenvalue weighted by atomic mass is 10.1. The number of aromatic nitrogens is 2. The minimum absolute atomic E-state index is 0.0713. The molecule has 0 bridgehead atoms. The molecule has 0 spiro atoms. The van der Waals surface area contributed by atoms with Crippen molar-refractivity contribution in [3.8, 4) is 11.6 Å². The Kier molecular flexibility index (Phi) is 8.23. The zero-order valence-corrected chi connectivity index (χ0v) is 22.7. The summed E-state index contributed by atoms with van der Waals surface area (Å²) in [6, 6.07) is 14.5. The lowest BCUT2D eigenvalue weighted by molar-refractivity contribution is -0.117. The highest BCUT2D eigenvalue weighted by Crippen LogP contribution is 2.31. The van der Waals surface area contributed by atoms with Crippen molar-refractivity contribution < 1.29 is 23.5 Å². The van der Waals surface area contributed by atoms with Gasteiger partial charge in [0.25, 0.3) is 5.91 Å². The van der Waals surface area contributed by atoms with E-state index in [1.165, 1.54) is 0 Å². The molecule has 4 aromatic rings. The standard InChI is InChI=1S/C29H32N6O5/c1-18-27(28(37)30-2)23-10-9-22(15-24(23)39-18)40-26-11-12-31-29(34-26)33-20-7-4-6-19(14-20)32-25(36)16-35-13-5-8-21(35)17-38-3/h4,6-7,9-12,14-15,21H,5,8,13,16-17H2,1-3H3,(H,30,37)(H,32,36)(H,31,33,34)/t21-/m1/s1. The number of carbonyl (C=O) groups excluding carboxylic acids is 2. The Bertz CT molecular complexity index is 1520. The summed E-state index contributed by atoms with van der Waals surface area (Å²) in [5, 5.41) is 9.47. The van der Waals surface area contributed by atoms with Crippen LogP contribution in [0.15, 0.2) is 59.1 Å². The van der Waals surface area contributed by atoms with E-state index in [1.807, 2.05) is 24.3 Å². The Hall–Kier alpha value is -4.48. The number of carbonyl (C=O) groups is 2. The van der Waals surface area contributed by atoms with E-state index in [9.17, 15) is 9.59 Å². The van der Waals surface area contributed by atoms with Crippen LogP contribution in [0.4, 0.5) is 17.3 Å². The smallest absolute Gasteiger partial charge is 0.255 e. The average Bonchev–Trinajstić information content (AvgIpc) is 3.51. The number of hydrogen-bond acceptors (Lipinski definition) is 9. The second-order valence-corrected chi connectivity index (χ2v) is 9.57. The van der Waals surface area contributed by atoms with Gasteiger partial charge in [-0.05, 0) is 56.6 Å². The van der Waals surface area contributed by atoms with Gasteiger partial charge in [-0.25, -0.2) is 4.98 Å². The zero-order chi connectivity index (χ0) is 28.1. The second kappa shape index (κ2) is 12.1. The fourth-order valence-electron chi connectivity index (χ4n) is 4.92. The van der Waals surface area contributed by atoms with Gasteiger partial charge in [0.15, 0.2) is 0 Å². The summed E-state index contributed by atoms with van der Waals surface area (Å²) < 4.78 is 17.0. The number of ether oxygens (including phenoxy) is 2. The first-order chi connectivity index (χ1) is 19.4. The molecule has 1 aliphatic rings. The third kappa shape index (κ3) is 6.22. The van der Waals surface area contributed by atoms with E-state index in [4.69, 9.17) is 13.9 Å². The Morgan fingerprint density at radius 1 is 1.15 bits per heavy atom. The molecule has 3 N–H and O–H groups in total. The molecule has 0 aliphatic carbocycles. The maximum atomic E-state index is 12.7. The fourth-order valence-corrected chi connectivity index (χ4v) is 4.92. The molecule has 11 heteroatoms. The van der Waals surface area contributed by atoms with Gasteiger partial charge in [-0.1, -0.05) is 6.07 Å². The van der Waals surface area contributed by atoms with Gasteiger partial charge >= 0.3 is 0 Å². The topological polar surface area (TPSA) is 131 Å². The van der Waals surface area contributed by atoms with E-state index in [0.717, 1.165) is 19.4 Å². The number of nitrogens with zero attached hydrogens (tertiary/aromatic N) is 3. The van der Waals surface area contributed by atoms with E-state index in [-0.39, 0.29) is 17.9 Å². The number of likely N-dealkylation sites (tertiary alicyclic amines) is 1. The van der Waals surface area contributed by atoms with Crippen molar-refractivity contribution in [3.63, 3.8) is 0 Å². The first-order valence-electron chi connectivity index (χ1n) is 13.1. The summed E-state index contributed by atoms with van der Waals surface area (Å²) in [4.78, 5) is 35.8. The molecule has 2 aromatic heterocycles. The first kappa shape index (κ1) is 27.1. The van der Waals surface area contributed by atoms with Crippen LogP contribution in [0.5, 0.6) is 11.6 Å². The molecule has 2 aromatic carbocycles. The third-order valence-corrected chi connectivity index (χ3v) is 6.75. The van der Waals surface area contributed by atoms with Crippen molar-refractivity contribution in [1.82, 2.24) is 20.2 Å². The van der Waals surface area contributed by atoms with Gasteiger partial charge in [0, 0.05) is 55.3 Å². The minimum Gasteiger partial charge on any atom is -0.460 e. The third-order valence-electron chi connectivity index (χ3n) is 6.75. The number of furan rings is 1. The first-order valence-corrected chi connectivity index (χ1v) is 13.1. The number of fused-ring (bicyclic) bond motifs is 1. The van der Waals surface area contributed by atoms with Gasteiger partial charge in [0.05, 0.1) is 18.7 Å². The number of anilines is 3. The van der Waals surface area contributed by atoms with Crippen molar-refractivity contribution in [1.29, 1.82) is 0 Å². The van der Waals surface area contributed by atoms with Gasteiger partial charge in [-0.15, -0.1) is 0 Å². The van der Waals surface area contributed by atoms with Crippen molar-refractivity contribution >= 4 is 40.1 Å². The Morgan fingerprint density at radius 2 is 2.00 bits per heavy atom. The highest BCUT2D eigenvalue weighted by molar-refractivity contribution is 6.07. The van der Waals surface area contributed by atoms with Gasteiger partial charge in [0.1, 0.15) is 17.1 Å². The Balaban J connectivity index is 1.23. The number of amides is 2. The van der Waals surface area contributed by atoms with Crippen LogP contribution in [0.3, 0.4) is 0 Å². The lowest BCUT2D eigenvalue weighted by Gasteiger charge is -2.23. The normalized spacial score (nSPS) is 15.2. The molecular weight excluding hydrogens is 512 g/mol. The van der Waals surface area contributed by atoms with Crippen molar-refractivity contribution in [2.75, 3.05) is 44.5 Å². The fraction of sp³-hybridized carbons (Fsp3) is 0.310. The lowest BCUT2D eigenvalue weighted by Crippen LogP contribution is -2.38. The van der Waals surface area contributed by atoms with E-state index < -0.39 is 0 Å². The summed E-state index contributed by atoms with van der Waals surface area (Å²) in [5.74, 6) is 1.42. The molecule has 11 nitrogen and oxygen atoms in total. The summed E-state index contributed by atoms with van der Waals surface area (Å²) in [6.45, 7) is 3.60. The minimum atomic E-state index is -0.206. The summed E-state index contributed by atoms with van der Waals surface area (Å²) in [7, 11) is 3.27. The molecule has 1 aliphatic heterocycles. The molecule has 1 atom stereocenters. The summed E-state index contributed by atoms with van der Waals surface area (Å²) in [5.41, 5.74) is 2.42. The molecule has 5 rings (SSSR count). The zero-order valence-electron chi connectivity index (χ0n) is 22.7. The van der Waals surface area contributed by atoms with Crippen LogP contribution in [-0.2, 0) is 9.53 Å². The molecule has 1 saturated heterocycles. The van der Waals surface area contributed by atoms with Crippen LogP contribution in [-0.4, -0.2) is 66.6 Å². The van der Waals surface area contributed by atoms with Crippen molar-refractivity contribution in [2.45, 2.75) is 25.8 Å². The van der Waals surface area contributed by atoms with Gasteiger partial charge in [-0.2, -0.15) is 4.98 Å². The number of aryl methyl sites for hydroxylation is 1. The molecular formula is C29H32N6O5. The molecule has 3 heterocycles. The van der Waals surface area contributed by atoms with Crippen LogP contribution < -0.4 is 20.7 Å². The van der Waals surface area contributed by atoms with Gasteiger partial charge < -0.3 is 29.8 Å². The molecule has 0 unspecified atom stereocenters. The van der Waals surface area contributed by atoms with Crippen LogP contribution in [0.25, 0.3) is 11.0 Å². The van der Waals surface area contributed by atoms with Crippen molar-refractivity contribution in [3.05, 3.63) is 66.1 Å². The predicted octanol–water partition coefficient (Wildman–Crippen LogP) is 4.48. The van der Waals surface area contributed by atoms with Crippen LogP contribution in [0.2, 0.25) is 0 Å². The van der Waals surface area contributed by atoms with Gasteiger partial charge in [0.2, 0.25) is 17.7 Å². The molecule has 1 fully saturated rings. The van der Waals surface area contributed by atoms with E-state index in [1.54, 1.807) is 51.5 Å². The maximum Gasteiger partial charge on any atom is 0.255 e. The molecule has 0 saturated carbocycles. The highest BCUT2D eigenvalue weighted by atomic mass is 16.5. The van der Waals surface area contributed by atoms with Crippen LogP contribution in [0, 0.1) is 6.92 Å². The average molecular weight is 545 g/mol. The summed E-state index contributed by atoms with van der Waals surface area (Å²) in [6.07, 6.45) is 3.69. The quantitative estimate of drug-likeness (QED) is 0.265. The monoisotopic (exact) mass is 544 g/mol. The van der Waals surface area contributed by atoms with E-state index in [0.29, 0.717) is 64.4 Å². The molecule has 208 valence electrons. The largest absolute Gasteiger partial charge is 0.460 e. The number of methoxy groups -OCH3 is 1. The number of nitrogens with one attached hydrogen (secondary N) is 3. The Morgan fingerprint density at radius 3 is 2.83 bits per heavy atom. The van der Waals surface area contributed by atoms with Crippen LogP contribution in [0.1, 0.15) is 29.0 Å². The SMILES string of the molecule is CNC(=O)c1c(C)oc2cc(Oc3ccnc(Nc4cccc(NC(=O)CN5CCC[C@@H]5COC)c4)n3)ccc12. The van der Waals surface area contributed by atoms with E-state index in [2.05, 4.69) is 30.8 Å². The molecule has 0 radical (unpaired) electrons. The number of benzene rings is 2. The van der Waals surface area contributed by atoms with Crippen molar-refractivity contribution in [2.24, 2.45) is 0 Å². The molecule has 2 amide bonds. The summed E-state index contributed by atoms with van der Waals surface area (Å²) >= 11 is 0. The maximum absolute atomic E-state index is 12.7. The van der Waals surface area contributed by atoms with Crippen LogP contribution >= 0.6 is 0 Å². The Labute approximate surface area is 231 Å². The number of rotatable bonds is 10. The number of hydrogen-bond donors (Lipinski definition) is 3. The predicted molar refractivity (Wildman–Crippen MR) is 151 cm³/mol. The molecule has 40 heavy (non-hydrogen) atoms. The van der Waals surface area contributed by atoms with Gasteiger partial charge in [-0.3, -0.25) is 14.5 Å². The van der Waals surface area contributed by atoms with E-state index >= 15 is 0 Å².